The van der Waals surface area contributed by atoms with Gasteiger partial charge in [-0.3, -0.25) is 14.5 Å². The highest BCUT2D eigenvalue weighted by Gasteiger charge is 2.32. The fourth-order valence-electron chi connectivity index (χ4n) is 2.69. The van der Waals surface area contributed by atoms with Crippen LogP contribution in [-0.2, 0) is 14.3 Å². The zero-order valence-electron chi connectivity index (χ0n) is 12.8. The standard InChI is InChI=1S/C16H21FN2O3/c1-11(12-3-5-13(17)6-4-12)10-19-8-7-18-16(21)14(19)9-15(20)22-2/h3-6,11,14H,7-10H2,1-2H3,(H,18,21)/t11-,14+/m1/s1. The van der Waals surface area contributed by atoms with Crippen LogP contribution in [0.5, 0.6) is 0 Å². The van der Waals surface area contributed by atoms with E-state index in [0.29, 0.717) is 19.6 Å². The number of amides is 1. The first-order valence-corrected chi connectivity index (χ1v) is 7.35. The largest absolute Gasteiger partial charge is 0.469 e. The molecule has 0 spiro atoms. The van der Waals surface area contributed by atoms with Crippen molar-refractivity contribution in [3.63, 3.8) is 0 Å². The first-order valence-electron chi connectivity index (χ1n) is 7.35. The first-order chi connectivity index (χ1) is 10.5. The molecule has 2 rings (SSSR count). The number of nitrogens with one attached hydrogen (secondary N) is 1. The number of benzene rings is 1. The molecule has 0 aliphatic carbocycles. The van der Waals surface area contributed by atoms with Crippen LogP contribution in [0.2, 0.25) is 0 Å². The second-order valence-corrected chi connectivity index (χ2v) is 5.53. The minimum Gasteiger partial charge on any atom is -0.469 e. The molecule has 1 aromatic carbocycles. The molecule has 1 heterocycles. The molecular weight excluding hydrogens is 287 g/mol. The highest BCUT2D eigenvalue weighted by atomic mass is 19.1. The Morgan fingerprint density at radius 2 is 2.14 bits per heavy atom. The predicted octanol–water partition coefficient (Wildman–Crippen LogP) is 1.29. The van der Waals surface area contributed by atoms with Crippen molar-refractivity contribution < 1.29 is 18.7 Å². The Morgan fingerprint density at radius 3 is 2.77 bits per heavy atom. The van der Waals surface area contributed by atoms with Crippen molar-refractivity contribution in [3.05, 3.63) is 35.6 Å². The highest BCUT2D eigenvalue weighted by molar-refractivity contribution is 5.87. The third kappa shape index (κ3) is 4.04. The van der Waals surface area contributed by atoms with Gasteiger partial charge in [-0.2, -0.15) is 0 Å². The molecule has 1 N–H and O–H groups in total. The van der Waals surface area contributed by atoms with Gasteiger partial charge in [0.05, 0.1) is 19.6 Å². The van der Waals surface area contributed by atoms with E-state index in [1.807, 2.05) is 11.8 Å². The van der Waals surface area contributed by atoms with Gasteiger partial charge < -0.3 is 10.1 Å². The molecule has 0 saturated carbocycles. The monoisotopic (exact) mass is 308 g/mol. The molecule has 0 aromatic heterocycles. The maximum absolute atomic E-state index is 13.0. The van der Waals surface area contributed by atoms with Crippen LogP contribution in [0.25, 0.3) is 0 Å². The van der Waals surface area contributed by atoms with Gasteiger partial charge in [0, 0.05) is 19.6 Å². The lowest BCUT2D eigenvalue weighted by molar-refractivity contribution is -0.146. The van der Waals surface area contributed by atoms with Crippen molar-refractivity contribution in [2.75, 3.05) is 26.7 Å². The Balaban J connectivity index is 2.05. The topological polar surface area (TPSA) is 58.6 Å². The van der Waals surface area contributed by atoms with E-state index in [-0.39, 0.29) is 24.1 Å². The Kier molecular flexibility index (Phi) is 5.49. The number of carbonyl (C=O) groups is 2. The molecule has 22 heavy (non-hydrogen) atoms. The van der Waals surface area contributed by atoms with E-state index < -0.39 is 12.0 Å². The quantitative estimate of drug-likeness (QED) is 0.833. The summed E-state index contributed by atoms with van der Waals surface area (Å²) >= 11 is 0. The number of methoxy groups -OCH3 is 1. The van der Waals surface area contributed by atoms with Crippen LogP contribution in [0.4, 0.5) is 4.39 Å². The van der Waals surface area contributed by atoms with Gasteiger partial charge >= 0.3 is 5.97 Å². The average Bonchev–Trinajstić information content (AvgIpc) is 2.51. The van der Waals surface area contributed by atoms with Crippen LogP contribution < -0.4 is 5.32 Å². The van der Waals surface area contributed by atoms with Crippen molar-refractivity contribution in [2.24, 2.45) is 0 Å². The molecule has 120 valence electrons. The lowest BCUT2D eigenvalue weighted by atomic mass is 9.98. The van der Waals surface area contributed by atoms with Gasteiger partial charge in [-0.25, -0.2) is 4.39 Å². The molecule has 1 aromatic rings. The lowest BCUT2D eigenvalue weighted by Gasteiger charge is -2.36. The van der Waals surface area contributed by atoms with Crippen molar-refractivity contribution >= 4 is 11.9 Å². The van der Waals surface area contributed by atoms with Crippen LogP contribution in [0.3, 0.4) is 0 Å². The van der Waals surface area contributed by atoms with E-state index in [1.165, 1.54) is 19.2 Å². The molecule has 0 radical (unpaired) electrons. The molecule has 5 nitrogen and oxygen atoms in total. The first kappa shape index (κ1) is 16.4. The SMILES string of the molecule is COC(=O)C[C@H]1C(=O)NCCN1C[C@@H](C)c1ccc(F)cc1. The van der Waals surface area contributed by atoms with E-state index in [1.54, 1.807) is 12.1 Å². The molecule has 0 unspecified atom stereocenters. The van der Waals surface area contributed by atoms with Gasteiger partial charge in [0.25, 0.3) is 0 Å². The Morgan fingerprint density at radius 1 is 1.45 bits per heavy atom. The van der Waals surface area contributed by atoms with E-state index in [0.717, 1.165) is 5.56 Å². The lowest BCUT2D eigenvalue weighted by Crippen LogP contribution is -2.56. The fourth-order valence-corrected chi connectivity index (χ4v) is 2.69. The number of nitrogens with zero attached hydrogens (tertiary/aromatic N) is 1. The van der Waals surface area contributed by atoms with Crippen molar-refractivity contribution in [1.82, 2.24) is 10.2 Å². The van der Waals surface area contributed by atoms with Crippen molar-refractivity contribution in [3.8, 4) is 0 Å². The summed E-state index contributed by atoms with van der Waals surface area (Å²) in [6, 6.07) is 5.85. The zero-order chi connectivity index (χ0) is 16.1. The smallest absolute Gasteiger partial charge is 0.307 e. The predicted molar refractivity (Wildman–Crippen MR) is 79.8 cm³/mol. The summed E-state index contributed by atoms with van der Waals surface area (Å²) in [7, 11) is 1.31. The average molecular weight is 308 g/mol. The van der Waals surface area contributed by atoms with Gasteiger partial charge in [-0.05, 0) is 23.6 Å². The van der Waals surface area contributed by atoms with Crippen LogP contribution in [-0.4, -0.2) is 49.6 Å². The van der Waals surface area contributed by atoms with Crippen LogP contribution in [0, 0.1) is 5.82 Å². The molecule has 1 fully saturated rings. The molecule has 0 bridgehead atoms. The number of carbonyl (C=O) groups excluding carboxylic acids is 2. The van der Waals surface area contributed by atoms with E-state index in [4.69, 9.17) is 0 Å². The number of hydrogen-bond acceptors (Lipinski definition) is 4. The third-order valence-corrected chi connectivity index (χ3v) is 3.98. The van der Waals surface area contributed by atoms with Crippen LogP contribution in [0.1, 0.15) is 24.8 Å². The summed E-state index contributed by atoms with van der Waals surface area (Å²) in [4.78, 5) is 25.5. The normalized spacial score (nSPS) is 20.3. The van der Waals surface area contributed by atoms with Gasteiger partial charge in [0.15, 0.2) is 0 Å². The molecule has 1 saturated heterocycles. The summed E-state index contributed by atoms with van der Waals surface area (Å²) in [6.07, 6.45) is 0.0401. The number of esters is 1. The molecule has 6 heteroatoms. The van der Waals surface area contributed by atoms with E-state index in [2.05, 4.69) is 10.1 Å². The van der Waals surface area contributed by atoms with Crippen molar-refractivity contribution in [2.45, 2.75) is 25.3 Å². The summed E-state index contributed by atoms with van der Waals surface area (Å²) in [5.74, 6) is -0.687. The highest BCUT2D eigenvalue weighted by Crippen LogP contribution is 2.20. The number of rotatable bonds is 5. The third-order valence-electron chi connectivity index (χ3n) is 3.98. The maximum atomic E-state index is 13.0. The Hall–Kier alpha value is -1.95. The summed E-state index contributed by atoms with van der Waals surface area (Å²) in [6.45, 7) is 3.89. The minimum absolute atomic E-state index is 0.0401. The number of hydrogen-bond donors (Lipinski definition) is 1. The number of halogens is 1. The summed E-state index contributed by atoms with van der Waals surface area (Å²) in [5, 5.41) is 2.77. The van der Waals surface area contributed by atoms with Gasteiger partial charge in [-0.1, -0.05) is 19.1 Å². The zero-order valence-corrected chi connectivity index (χ0v) is 12.8. The van der Waals surface area contributed by atoms with Crippen LogP contribution in [0.15, 0.2) is 24.3 Å². The second-order valence-electron chi connectivity index (χ2n) is 5.53. The van der Waals surface area contributed by atoms with Gasteiger partial charge in [0.1, 0.15) is 5.82 Å². The maximum Gasteiger partial charge on any atom is 0.307 e. The van der Waals surface area contributed by atoms with E-state index >= 15 is 0 Å². The molecular formula is C16H21FN2O3. The minimum atomic E-state index is -0.510. The van der Waals surface area contributed by atoms with Crippen LogP contribution >= 0.6 is 0 Å². The Labute approximate surface area is 129 Å². The summed E-state index contributed by atoms with van der Waals surface area (Å²) in [5.41, 5.74) is 1.00. The van der Waals surface area contributed by atoms with Gasteiger partial charge in [-0.15, -0.1) is 0 Å². The van der Waals surface area contributed by atoms with E-state index in [9.17, 15) is 14.0 Å². The van der Waals surface area contributed by atoms with Gasteiger partial charge in [0.2, 0.25) is 5.91 Å². The molecule has 1 aliphatic rings. The van der Waals surface area contributed by atoms with Crippen molar-refractivity contribution in [1.29, 1.82) is 0 Å². The number of ether oxygens (including phenoxy) is 1. The molecule has 2 atom stereocenters. The fraction of sp³-hybridized carbons (Fsp3) is 0.500. The Bertz CT molecular complexity index is 533. The molecule has 1 aliphatic heterocycles. The summed E-state index contributed by atoms with van der Waals surface area (Å²) < 4.78 is 17.7. The molecule has 1 amide bonds. The second kappa shape index (κ2) is 7.35. The number of piperazine rings is 1.